The van der Waals surface area contributed by atoms with Crippen molar-refractivity contribution in [3.63, 3.8) is 0 Å². The van der Waals surface area contributed by atoms with Crippen molar-refractivity contribution in [3.8, 4) is 11.5 Å². The SMILES string of the molecule is CCN1CCCC(NCc2cccc(OC)c2O)C1. The number of nitrogens with zero attached hydrogens (tertiary/aromatic N) is 1. The fraction of sp³-hybridized carbons (Fsp3) is 0.600. The van der Waals surface area contributed by atoms with Gasteiger partial charge in [0, 0.05) is 24.7 Å². The first-order valence-corrected chi connectivity index (χ1v) is 7.05. The minimum Gasteiger partial charge on any atom is -0.504 e. The van der Waals surface area contributed by atoms with Crippen molar-refractivity contribution in [2.75, 3.05) is 26.7 Å². The maximum atomic E-state index is 10.0. The number of hydrogen-bond donors (Lipinski definition) is 2. The summed E-state index contributed by atoms with van der Waals surface area (Å²) in [6.45, 7) is 6.31. The Bertz CT molecular complexity index is 409. The Morgan fingerprint density at radius 1 is 1.47 bits per heavy atom. The number of hydrogen-bond acceptors (Lipinski definition) is 4. The first-order chi connectivity index (χ1) is 9.24. The van der Waals surface area contributed by atoms with Gasteiger partial charge in [0.1, 0.15) is 0 Å². The van der Waals surface area contributed by atoms with Crippen LogP contribution in [0.4, 0.5) is 0 Å². The summed E-state index contributed by atoms with van der Waals surface area (Å²) in [7, 11) is 1.58. The van der Waals surface area contributed by atoms with E-state index in [2.05, 4.69) is 17.1 Å². The highest BCUT2D eigenvalue weighted by Gasteiger charge is 2.18. The molecule has 1 aromatic rings. The maximum absolute atomic E-state index is 10.0. The van der Waals surface area contributed by atoms with E-state index < -0.39 is 0 Å². The Morgan fingerprint density at radius 2 is 2.32 bits per heavy atom. The Morgan fingerprint density at radius 3 is 3.05 bits per heavy atom. The van der Waals surface area contributed by atoms with Crippen LogP contribution in [0, 0.1) is 0 Å². The normalized spacial score (nSPS) is 20.4. The van der Waals surface area contributed by atoms with Crippen LogP contribution < -0.4 is 10.1 Å². The summed E-state index contributed by atoms with van der Waals surface area (Å²) < 4.78 is 5.13. The molecule has 1 unspecified atom stereocenters. The zero-order valence-corrected chi connectivity index (χ0v) is 11.9. The van der Waals surface area contributed by atoms with Crippen LogP contribution in [-0.2, 0) is 6.54 Å². The van der Waals surface area contributed by atoms with Gasteiger partial charge >= 0.3 is 0 Å². The average molecular weight is 264 g/mol. The quantitative estimate of drug-likeness (QED) is 0.853. The van der Waals surface area contributed by atoms with Crippen molar-refractivity contribution in [1.29, 1.82) is 0 Å². The summed E-state index contributed by atoms with van der Waals surface area (Å²) in [5.74, 6) is 0.791. The molecule has 0 saturated carbocycles. The summed E-state index contributed by atoms with van der Waals surface area (Å²) >= 11 is 0. The van der Waals surface area contributed by atoms with Gasteiger partial charge in [-0.25, -0.2) is 0 Å². The number of benzene rings is 1. The van der Waals surface area contributed by atoms with E-state index in [1.807, 2.05) is 12.1 Å². The molecule has 4 heteroatoms. The van der Waals surface area contributed by atoms with E-state index >= 15 is 0 Å². The molecule has 1 aromatic carbocycles. The Balaban J connectivity index is 1.91. The van der Waals surface area contributed by atoms with Gasteiger partial charge < -0.3 is 20.1 Å². The predicted octanol–water partition coefficient (Wildman–Crippen LogP) is 1.97. The highest BCUT2D eigenvalue weighted by atomic mass is 16.5. The minimum absolute atomic E-state index is 0.251. The molecule has 0 aliphatic carbocycles. The van der Waals surface area contributed by atoms with Gasteiger partial charge in [0.2, 0.25) is 0 Å². The monoisotopic (exact) mass is 264 g/mol. The standard InChI is InChI=1S/C15H24N2O2/c1-3-17-9-5-7-13(11-17)16-10-12-6-4-8-14(19-2)15(12)18/h4,6,8,13,16,18H,3,5,7,9-11H2,1-2H3. The van der Waals surface area contributed by atoms with Crippen molar-refractivity contribution < 1.29 is 9.84 Å². The van der Waals surface area contributed by atoms with Gasteiger partial charge in [-0.1, -0.05) is 19.1 Å². The molecular weight excluding hydrogens is 240 g/mol. The first-order valence-electron chi connectivity index (χ1n) is 7.05. The molecule has 0 bridgehead atoms. The van der Waals surface area contributed by atoms with Gasteiger partial charge in [-0.3, -0.25) is 0 Å². The highest BCUT2D eigenvalue weighted by Crippen LogP contribution is 2.29. The highest BCUT2D eigenvalue weighted by molar-refractivity contribution is 5.45. The molecule has 1 fully saturated rings. The van der Waals surface area contributed by atoms with Gasteiger partial charge in [-0.2, -0.15) is 0 Å². The number of phenolic OH excluding ortho intramolecular Hbond substituents is 1. The number of piperidine rings is 1. The topological polar surface area (TPSA) is 44.7 Å². The molecule has 4 nitrogen and oxygen atoms in total. The lowest BCUT2D eigenvalue weighted by atomic mass is 10.1. The van der Waals surface area contributed by atoms with E-state index in [4.69, 9.17) is 4.74 Å². The summed E-state index contributed by atoms with van der Waals surface area (Å²) in [4.78, 5) is 2.46. The molecule has 19 heavy (non-hydrogen) atoms. The van der Waals surface area contributed by atoms with E-state index in [0.29, 0.717) is 18.3 Å². The molecule has 0 spiro atoms. The molecule has 2 N–H and O–H groups in total. The van der Waals surface area contributed by atoms with Crippen LogP contribution in [0.5, 0.6) is 11.5 Å². The summed E-state index contributed by atoms with van der Waals surface area (Å²) in [6, 6.07) is 6.14. The van der Waals surface area contributed by atoms with Crippen LogP contribution in [-0.4, -0.2) is 42.8 Å². The summed E-state index contributed by atoms with van der Waals surface area (Å²) in [5, 5.41) is 13.6. The third-order valence-corrected chi connectivity index (χ3v) is 3.84. The molecule has 1 atom stereocenters. The van der Waals surface area contributed by atoms with Crippen molar-refractivity contribution in [1.82, 2.24) is 10.2 Å². The van der Waals surface area contributed by atoms with Crippen molar-refractivity contribution >= 4 is 0 Å². The molecule has 1 aliphatic heterocycles. The number of nitrogens with one attached hydrogen (secondary N) is 1. The Hall–Kier alpha value is -1.26. The number of para-hydroxylation sites is 1. The molecule has 106 valence electrons. The fourth-order valence-electron chi connectivity index (χ4n) is 2.64. The number of aromatic hydroxyl groups is 1. The van der Waals surface area contributed by atoms with Crippen LogP contribution in [0.2, 0.25) is 0 Å². The molecule has 1 heterocycles. The maximum Gasteiger partial charge on any atom is 0.162 e. The lowest BCUT2D eigenvalue weighted by Gasteiger charge is -2.32. The fourth-order valence-corrected chi connectivity index (χ4v) is 2.64. The predicted molar refractivity (Wildman–Crippen MR) is 76.6 cm³/mol. The van der Waals surface area contributed by atoms with E-state index in [1.54, 1.807) is 13.2 Å². The van der Waals surface area contributed by atoms with Gasteiger partial charge in [0.25, 0.3) is 0 Å². The van der Waals surface area contributed by atoms with E-state index in [0.717, 1.165) is 18.7 Å². The van der Waals surface area contributed by atoms with Crippen LogP contribution in [0.25, 0.3) is 0 Å². The van der Waals surface area contributed by atoms with Gasteiger partial charge in [-0.15, -0.1) is 0 Å². The molecule has 1 aliphatic rings. The Labute approximate surface area is 115 Å². The molecular formula is C15H24N2O2. The van der Waals surface area contributed by atoms with Gasteiger partial charge in [0.15, 0.2) is 11.5 Å². The summed E-state index contributed by atoms with van der Waals surface area (Å²) in [6.07, 6.45) is 2.46. The van der Waals surface area contributed by atoms with E-state index in [-0.39, 0.29) is 5.75 Å². The largest absolute Gasteiger partial charge is 0.504 e. The minimum atomic E-state index is 0.251. The van der Waals surface area contributed by atoms with Gasteiger partial charge in [0.05, 0.1) is 7.11 Å². The van der Waals surface area contributed by atoms with Crippen LogP contribution in [0.1, 0.15) is 25.3 Å². The third-order valence-electron chi connectivity index (χ3n) is 3.84. The second-order valence-electron chi connectivity index (χ2n) is 5.08. The van der Waals surface area contributed by atoms with Crippen molar-refractivity contribution in [3.05, 3.63) is 23.8 Å². The van der Waals surface area contributed by atoms with E-state index in [1.165, 1.54) is 19.4 Å². The zero-order valence-electron chi connectivity index (χ0n) is 11.9. The van der Waals surface area contributed by atoms with Crippen molar-refractivity contribution in [2.24, 2.45) is 0 Å². The molecule has 0 aromatic heterocycles. The molecule has 1 saturated heterocycles. The molecule has 2 rings (SSSR count). The molecule has 0 amide bonds. The average Bonchev–Trinajstić information content (AvgIpc) is 2.46. The number of likely N-dealkylation sites (N-methyl/N-ethyl adjacent to an activating group) is 1. The smallest absolute Gasteiger partial charge is 0.162 e. The van der Waals surface area contributed by atoms with Crippen LogP contribution in [0.15, 0.2) is 18.2 Å². The number of phenols is 1. The lowest BCUT2D eigenvalue weighted by Crippen LogP contribution is -2.45. The number of rotatable bonds is 5. The van der Waals surface area contributed by atoms with Crippen LogP contribution >= 0.6 is 0 Å². The number of ether oxygens (including phenoxy) is 1. The zero-order chi connectivity index (χ0) is 13.7. The van der Waals surface area contributed by atoms with Crippen molar-refractivity contribution in [2.45, 2.75) is 32.4 Å². The van der Waals surface area contributed by atoms with Gasteiger partial charge in [-0.05, 0) is 32.0 Å². The summed E-state index contributed by atoms with van der Waals surface area (Å²) in [5.41, 5.74) is 0.896. The lowest BCUT2D eigenvalue weighted by molar-refractivity contribution is 0.198. The number of methoxy groups -OCH3 is 1. The third kappa shape index (κ3) is 3.61. The number of likely N-dealkylation sites (tertiary alicyclic amines) is 1. The molecule has 0 radical (unpaired) electrons. The second-order valence-corrected chi connectivity index (χ2v) is 5.08. The Kier molecular flexibility index (Phi) is 5.05. The van der Waals surface area contributed by atoms with E-state index in [9.17, 15) is 5.11 Å². The van der Waals surface area contributed by atoms with Crippen LogP contribution in [0.3, 0.4) is 0 Å². The second kappa shape index (κ2) is 6.78. The first kappa shape index (κ1) is 14.2.